The Kier molecular flexibility index (Phi) is 4.52. The largest absolute Gasteiger partial charge is 0.261 e. The van der Waals surface area contributed by atoms with Crippen LogP contribution in [0.2, 0.25) is 0 Å². The Morgan fingerprint density at radius 2 is 2.08 bits per heavy atom. The average molecular weight is 177 g/mol. The number of pyridine rings is 1. The molecular formula is C12H19N. The second-order valence-electron chi connectivity index (χ2n) is 3.58. The van der Waals surface area contributed by atoms with Crippen molar-refractivity contribution in [2.24, 2.45) is 0 Å². The zero-order valence-corrected chi connectivity index (χ0v) is 8.71. The van der Waals surface area contributed by atoms with Crippen molar-refractivity contribution in [2.45, 2.75) is 46.0 Å². The summed E-state index contributed by atoms with van der Waals surface area (Å²) >= 11 is 0. The molecule has 0 fully saturated rings. The molecule has 0 amide bonds. The molecule has 0 radical (unpaired) electrons. The molecule has 1 nitrogen and oxygen atoms in total. The molecule has 0 bridgehead atoms. The lowest BCUT2D eigenvalue weighted by atomic mass is 10.1. The van der Waals surface area contributed by atoms with Crippen molar-refractivity contribution in [2.75, 3.05) is 0 Å². The molecule has 0 N–H and O–H groups in total. The highest BCUT2D eigenvalue weighted by atomic mass is 14.7. The van der Waals surface area contributed by atoms with Gasteiger partial charge in [0.15, 0.2) is 0 Å². The molecule has 0 unspecified atom stereocenters. The van der Waals surface area contributed by atoms with Gasteiger partial charge in [0.2, 0.25) is 0 Å². The Balaban J connectivity index is 2.32. The van der Waals surface area contributed by atoms with Crippen molar-refractivity contribution in [1.29, 1.82) is 0 Å². The number of aromatic nitrogens is 1. The fourth-order valence-corrected chi connectivity index (χ4v) is 1.50. The van der Waals surface area contributed by atoms with Gasteiger partial charge < -0.3 is 0 Å². The first kappa shape index (κ1) is 10.2. The first-order valence-electron chi connectivity index (χ1n) is 5.25. The van der Waals surface area contributed by atoms with E-state index >= 15 is 0 Å². The summed E-state index contributed by atoms with van der Waals surface area (Å²) in [6.45, 7) is 4.38. The van der Waals surface area contributed by atoms with Gasteiger partial charge in [-0.1, -0.05) is 32.3 Å². The minimum Gasteiger partial charge on any atom is -0.261 e. The highest BCUT2D eigenvalue weighted by Crippen LogP contribution is 2.09. The van der Waals surface area contributed by atoms with Gasteiger partial charge in [-0.3, -0.25) is 4.98 Å². The first-order valence-corrected chi connectivity index (χ1v) is 5.25. The molecule has 1 aromatic rings. The smallest absolute Gasteiger partial charge is 0.0432 e. The third kappa shape index (κ3) is 3.58. The molecule has 13 heavy (non-hydrogen) atoms. The minimum atomic E-state index is 1.15. The summed E-state index contributed by atoms with van der Waals surface area (Å²) in [5, 5.41) is 0. The van der Waals surface area contributed by atoms with Crippen molar-refractivity contribution in [3.63, 3.8) is 0 Å². The summed E-state index contributed by atoms with van der Waals surface area (Å²) in [5.41, 5.74) is 2.61. The lowest BCUT2D eigenvalue weighted by Crippen LogP contribution is -1.93. The number of nitrogens with zero attached hydrogens (tertiary/aromatic N) is 1. The van der Waals surface area contributed by atoms with E-state index in [0.717, 1.165) is 6.42 Å². The van der Waals surface area contributed by atoms with Crippen LogP contribution < -0.4 is 0 Å². The maximum Gasteiger partial charge on any atom is 0.0432 e. The molecule has 1 rings (SSSR count). The van der Waals surface area contributed by atoms with Crippen LogP contribution in [0, 0.1) is 6.92 Å². The molecular weight excluding hydrogens is 158 g/mol. The van der Waals surface area contributed by atoms with E-state index in [-0.39, 0.29) is 0 Å². The second kappa shape index (κ2) is 5.74. The van der Waals surface area contributed by atoms with Gasteiger partial charge in [0.25, 0.3) is 0 Å². The Labute approximate surface area is 81.2 Å². The van der Waals surface area contributed by atoms with Crippen LogP contribution in [0.15, 0.2) is 18.3 Å². The Bertz CT molecular complexity index is 243. The van der Waals surface area contributed by atoms with Gasteiger partial charge in [-0.15, -0.1) is 0 Å². The number of unbranched alkanes of at least 4 members (excludes halogenated alkanes) is 3. The molecule has 0 aliphatic carbocycles. The summed E-state index contributed by atoms with van der Waals surface area (Å²) in [7, 11) is 0. The van der Waals surface area contributed by atoms with Crippen LogP contribution in [-0.4, -0.2) is 4.98 Å². The fraction of sp³-hybridized carbons (Fsp3) is 0.583. The molecule has 0 aliphatic rings. The van der Waals surface area contributed by atoms with E-state index in [2.05, 4.69) is 24.9 Å². The Morgan fingerprint density at radius 3 is 2.77 bits per heavy atom. The van der Waals surface area contributed by atoms with Gasteiger partial charge in [0, 0.05) is 11.9 Å². The van der Waals surface area contributed by atoms with E-state index in [1.165, 1.54) is 36.9 Å². The second-order valence-corrected chi connectivity index (χ2v) is 3.58. The standard InChI is InChI=1S/C12H19N/c1-3-4-5-6-9-12-11(2)8-7-10-13-12/h7-8,10H,3-6,9H2,1-2H3. The van der Waals surface area contributed by atoms with Crippen molar-refractivity contribution in [3.8, 4) is 0 Å². The van der Waals surface area contributed by atoms with Crippen LogP contribution in [0.25, 0.3) is 0 Å². The molecule has 0 aliphatic heterocycles. The maximum atomic E-state index is 4.38. The van der Waals surface area contributed by atoms with Gasteiger partial charge in [0.05, 0.1) is 0 Å². The molecule has 0 atom stereocenters. The summed E-state index contributed by atoms with van der Waals surface area (Å²) in [5.74, 6) is 0. The zero-order valence-electron chi connectivity index (χ0n) is 8.71. The van der Waals surface area contributed by atoms with Crippen LogP contribution in [0.3, 0.4) is 0 Å². The Hall–Kier alpha value is -0.850. The third-order valence-corrected chi connectivity index (χ3v) is 2.38. The summed E-state index contributed by atoms with van der Waals surface area (Å²) < 4.78 is 0. The third-order valence-electron chi connectivity index (χ3n) is 2.38. The van der Waals surface area contributed by atoms with Crippen molar-refractivity contribution < 1.29 is 0 Å². The number of hydrogen-bond acceptors (Lipinski definition) is 1. The van der Waals surface area contributed by atoms with E-state index in [4.69, 9.17) is 0 Å². The average Bonchev–Trinajstić information content (AvgIpc) is 2.15. The molecule has 1 heteroatoms. The van der Waals surface area contributed by atoms with E-state index in [1.54, 1.807) is 0 Å². The quantitative estimate of drug-likeness (QED) is 0.627. The monoisotopic (exact) mass is 177 g/mol. The highest BCUT2D eigenvalue weighted by molar-refractivity contribution is 5.17. The lowest BCUT2D eigenvalue weighted by Gasteiger charge is -2.03. The predicted molar refractivity (Wildman–Crippen MR) is 56.8 cm³/mol. The lowest BCUT2D eigenvalue weighted by molar-refractivity contribution is 0.659. The number of rotatable bonds is 5. The van der Waals surface area contributed by atoms with Crippen LogP contribution in [0.5, 0.6) is 0 Å². The SMILES string of the molecule is CCCCCCc1ncccc1C. The van der Waals surface area contributed by atoms with Gasteiger partial charge in [-0.05, 0) is 31.4 Å². The molecule has 0 saturated heterocycles. The van der Waals surface area contributed by atoms with Gasteiger partial charge >= 0.3 is 0 Å². The molecule has 1 aromatic heterocycles. The van der Waals surface area contributed by atoms with E-state index in [1.807, 2.05) is 12.3 Å². The summed E-state index contributed by atoms with van der Waals surface area (Å²) in [6, 6.07) is 4.15. The molecule has 1 heterocycles. The zero-order chi connectivity index (χ0) is 9.52. The van der Waals surface area contributed by atoms with Crippen LogP contribution in [0.1, 0.15) is 43.9 Å². The maximum absolute atomic E-state index is 4.38. The predicted octanol–water partition coefficient (Wildman–Crippen LogP) is 3.51. The fourth-order valence-electron chi connectivity index (χ4n) is 1.50. The van der Waals surface area contributed by atoms with Crippen molar-refractivity contribution >= 4 is 0 Å². The van der Waals surface area contributed by atoms with Gasteiger partial charge in [-0.2, -0.15) is 0 Å². The highest BCUT2D eigenvalue weighted by Gasteiger charge is 1.97. The first-order chi connectivity index (χ1) is 6.34. The van der Waals surface area contributed by atoms with E-state index in [0.29, 0.717) is 0 Å². The number of aryl methyl sites for hydroxylation is 2. The van der Waals surface area contributed by atoms with E-state index < -0.39 is 0 Å². The van der Waals surface area contributed by atoms with Gasteiger partial charge in [0.1, 0.15) is 0 Å². The summed E-state index contributed by atoms with van der Waals surface area (Å²) in [4.78, 5) is 4.38. The van der Waals surface area contributed by atoms with Crippen LogP contribution in [-0.2, 0) is 6.42 Å². The van der Waals surface area contributed by atoms with E-state index in [9.17, 15) is 0 Å². The minimum absolute atomic E-state index is 1.15. The van der Waals surface area contributed by atoms with Crippen molar-refractivity contribution in [3.05, 3.63) is 29.6 Å². The normalized spacial score (nSPS) is 10.3. The van der Waals surface area contributed by atoms with Crippen LogP contribution >= 0.6 is 0 Å². The van der Waals surface area contributed by atoms with Gasteiger partial charge in [-0.25, -0.2) is 0 Å². The van der Waals surface area contributed by atoms with Crippen molar-refractivity contribution in [1.82, 2.24) is 4.98 Å². The molecule has 72 valence electrons. The van der Waals surface area contributed by atoms with Crippen LogP contribution in [0.4, 0.5) is 0 Å². The molecule has 0 saturated carbocycles. The number of hydrogen-bond donors (Lipinski definition) is 0. The molecule has 0 aromatic carbocycles. The topological polar surface area (TPSA) is 12.9 Å². The summed E-state index contributed by atoms with van der Waals surface area (Å²) in [6.07, 6.45) is 8.32. The Morgan fingerprint density at radius 1 is 1.23 bits per heavy atom. The molecule has 0 spiro atoms.